The number of rotatable bonds is 3. The van der Waals surface area contributed by atoms with Gasteiger partial charge < -0.3 is 9.64 Å². The van der Waals surface area contributed by atoms with E-state index in [-0.39, 0.29) is 0 Å². The SMILES string of the molecule is FC(F)(F)c1ccc(Cn2cc(N3CCOCC3)nn2)cc1. The normalized spacial score (nSPS) is 16.0. The summed E-state index contributed by atoms with van der Waals surface area (Å²) >= 11 is 0. The van der Waals surface area contributed by atoms with Crippen LogP contribution in [0.3, 0.4) is 0 Å². The van der Waals surface area contributed by atoms with Crippen molar-refractivity contribution in [3.63, 3.8) is 0 Å². The fourth-order valence-corrected chi connectivity index (χ4v) is 2.29. The summed E-state index contributed by atoms with van der Waals surface area (Å²) in [6.07, 6.45) is -2.52. The topological polar surface area (TPSA) is 43.2 Å². The van der Waals surface area contributed by atoms with Gasteiger partial charge in [0.1, 0.15) is 0 Å². The highest BCUT2D eigenvalue weighted by Gasteiger charge is 2.29. The third-order valence-corrected chi connectivity index (χ3v) is 3.49. The lowest BCUT2D eigenvalue weighted by molar-refractivity contribution is -0.137. The van der Waals surface area contributed by atoms with Crippen LogP contribution in [0.15, 0.2) is 30.5 Å². The molecule has 2 heterocycles. The fraction of sp³-hybridized carbons (Fsp3) is 0.429. The van der Waals surface area contributed by atoms with Crippen molar-refractivity contribution >= 4 is 5.82 Å². The molecule has 1 aliphatic heterocycles. The zero-order valence-electron chi connectivity index (χ0n) is 11.8. The largest absolute Gasteiger partial charge is 0.416 e. The lowest BCUT2D eigenvalue weighted by Gasteiger charge is -2.25. The molecule has 2 aromatic rings. The number of hydrogen-bond acceptors (Lipinski definition) is 4. The smallest absolute Gasteiger partial charge is 0.378 e. The van der Waals surface area contributed by atoms with E-state index in [2.05, 4.69) is 15.2 Å². The highest BCUT2D eigenvalue weighted by atomic mass is 19.4. The number of halogens is 3. The van der Waals surface area contributed by atoms with Gasteiger partial charge >= 0.3 is 6.18 Å². The lowest BCUT2D eigenvalue weighted by atomic mass is 10.1. The molecule has 5 nitrogen and oxygen atoms in total. The van der Waals surface area contributed by atoms with Crippen LogP contribution >= 0.6 is 0 Å². The first-order valence-electron chi connectivity index (χ1n) is 6.91. The molecule has 3 rings (SSSR count). The molecule has 0 saturated carbocycles. The summed E-state index contributed by atoms with van der Waals surface area (Å²) in [7, 11) is 0. The van der Waals surface area contributed by atoms with E-state index >= 15 is 0 Å². The van der Waals surface area contributed by atoms with Crippen molar-refractivity contribution in [2.24, 2.45) is 0 Å². The third-order valence-electron chi connectivity index (χ3n) is 3.49. The summed E-state index contributed by atoms with van der Waals surface area (Å²) in [5.41, 5.74) is 0.0928. The van der Waals surface area contributed by atoms with Crippen molar-refractivity contribution in [1.29, 1.82) is 0 Å². The van der Waals surface area contributed by atoms with E-state index in [4.69, 9.17) is 4.74 Å². The van der Waals surface area contributed by atoms with Crippen LogP contribution in [0.5, 0.6) is 0 Å². The number of ether oxygens (including phenoxy) is 1. The zero-order valence-corrected chi connectivity index (χ0v) is 11.8. The molecule has 0 amide bonds. The van der Waals surface area contributed by atoms with Crippen molar-refractivity contribution in [2.75, 3.05) is 31.2 Å². The Balaban J connectivity index is 1.67. The lowest BCUT2D eigenvalue weighted by Crippen LogP contribution is -2.36. The van der Waals surface area contributed by atoms with Gasteiger partial charge in [-0.05, 0) is 17.7 Å². The van der Waals surface area contributed by atoms with Crippen LogP contribution in [-0.2, 0) is 17.5 Å². The fourth-order valence-electron chi connectivity index (χ4n) is 2.29. The van der Waals surface area contributed by atoms with Crippen LogP contribution in [0.1, 0.15) is 11.1 Å². The van der Waals surface area contributed by atoms with Gasteiger partial charge in [-0.3, -0.25) is 0 Å². The summed E-state index contributed by atoms with van der Waals surface area (Å²) in [4.78, 5) is 2.07. The first-order chi connectivity index (χ1) is 10.5. The Morgan fingerprint density at radius 3 is 2.41 bits per heavy atom. The molecule has 0 aliphatic carbocycles. The van der Waals surface area contributed by atoms with Crippen molar-refractivity contribution < 1.29 is 17.9 Å². The number of nitrogens with zero attached hydrogens (tertiary/aromatic N) is 4. The summed E-state index contributed by atoms with van der Waals surface area (Å²) in [5.74, 6) is 0.759. The molecule has 1 aliphatic rings. The van der Waals surface area contributed by atoms with E-state index in [0.717, 1.165) is 36.6 Å². The first kappa shape index (κ1) is 14.8. The van der Waals surface area contributed by atoms with Gasteiger partial charge in [0.2, 0.25) is 0 Å². The quantitative estimate of drug-likeness (QED) is 0.871. The average molecular weight is 312 g/mol. The van der Waals surface area contributed by atoms with Gasteiger partial charge in [-0.15, -0.1) is 5.10 Å². The van der Waals surface area contributed by atoms with E-state index in [1.54, 1.807) is 10.9 Å². The van der Waals surface area contributed by atoms with Crippen LogP contribution in [0, 0.1) is 0 Å². The molecule has 0 N–H and O–H groups in total. The Labute approximate surface area is 125 Å². The number of alkyl halides is 3. The van der Waals surface area contributed by atoms with Gasteiger partial charge in [0, 0.05) is 13.1 Å². The minimum Gasteiger partial charge on any atom is -0.378 e. The Morgan fingerprint density at radius 1 is 1.09 bits per heavy atom. The van der Waals surface area contributed by atoms with Crippen molar-refractivity contribution in [3.8, 4) is 0 Å². The van der Waals surface area contributed by atoms with Crippen LogP contribution in [-0.4, -0.2) is 41.3 Å². The predicted octanol–water partition coefficient (Wildman–Crippen LogP) is 2.18. The Morgan fingerprint density at radius 2 is 1.77 bits per heavy atom. The van der Waals surface area contributed by atoms with Gasteiger partial charge in [0.05, 0.1) is 31.5 Å². The second-order valence-corrected chi connectivity index (χ2v) is 5.07. The second kappa shape index (κ2) is 5.96. The van der Waals surface area contributed by atoms with Gasteiger partial charge in [-0.25, -0.2) is 4.68 Å². The minimum absolute atomic E-state index is 0.384. The van der Waals surface area contributed by atoms with Crippen LogP contribution in [0.4, 0.5) is 19.0 Å². The average Bonchev–Trinajstić information content (AvgIpc) is 2.96. The molecule has 0 atom stereocenters. The molecule has 1 saturated heterocycles. The summed E-state index contributed by atoms with van der Waals surface area (Å²) in [6, 6.07) is 5.07. The molecule has 0 spiro atoms. The molecule has 1 aromatic carbocycles. The number of aromatic nitrogens is 3. The van der Waals surface area contributed by atoms with Crippen LogP contribution in [0.25, 0.3) is 0 Å². The molecule has 118 valence electrons. The van der Waals surface area contributed by atoms with Gasteiger partial charge in [0.15, 0.2) is 5.82 Å². The van der Waals surface area contributed by atoms with E-state index in [1.807, 2.05) is 0 Å². The van der Waals surface area contributed by atoms with Gasteiger partial charge in [0.25, 0.3) is 0 Å². The van der Waals surface area contributed by atoms with Crippen LogP contribution < -0.4 is 4.90 Å². The van der Waals surface area contributed by atoms with Gasteiger partial charge in [-0.2, -0.15) is 13.2 Å². The maximum Gasteiger partial charge on any atom is 0.416 e. The molecular formula is C14H15F3N4O. The first-order valence-corrected chi connectivity index (χ1v) is 6.91. The van der Waals surface area contributed by atoms with E-state index < -0.39 is 11.7 Å². The van der Waals surface area contributed by atoms with Crippen LogP contribution in [0.2, 0.25) is 0 Å². The van der Waals surface area contributed by atoms with Gasteiger partial charge in [-0.1, -0.05) is 17.3 Å². The monoisotopic (exact) mass is 312 g/mol. The number of hydrogen-bond donors (Lipinski definition) is 0. The molecular weight excluding hydrogens is 297 g/mol. The number of benzene rings is 1. The second-order valence-electron chi connectivity index (χ2n) is 5.07. The van der Waals surface area contributed by atoms with E-state index in [1.165, 1.54) is 12.1 Å². The molecule has 0 bridgehead atoms. The molecule has 1 aromatic heterocycles. The van der Waals surface area contributed by atoms with Crippen molar-refractivity contribution in [3.05, 3.63) is 41.6 Å². The summed E-state index contributed by atoms with van der Waals surface area (Å²) in [5, 5.41) is 8.12. The van der Waals surface area contributed by atoms with Crippen molar-refractivity contribution in [2.45, 2.75) is 12.7 Å². The minimum atomic E-state index is -4.31. The highest BCUT2D eigenvalue weighted by Crippen LogP contribution is 2.29. The van der Waals surface area contributed by atoms with Crippen molar-refractivity contribution in [1.82, 2.24) is 15.0 Å². The summed E-state index contributed by atoms with van der Waals surface area (Å²) in [6.45, 7) is 3.23. The van der Waals surface area contributed by atoms with E-state index in [0.29, 0.717) is 19.8 Å². The zero-order chi connectivity index (χ0) is 15.6. The molecule has 1 fully saturated rings. The Kier molecular flexibility index (Phi) is 4.02. The maximum atomic E-state index is 12.5. The predicted molar refractivity (Wildman–Crippen MR) is 73.6 cm³/mol. The molecule has 0 unspecified atom stereocenters. The molecule has 22 heavy (non-hydrogen) atoms. The Hall–Kier alpha value is -2.09. The Bertz CT molecular complexity index is 618. The van der Waals surface area contributed by atoms with E-state index in [9.17, 15) is 13.2 Å². The third kappa shape index (κ3) is 3.38. The molecule has 0 radical (unpaired) electrons. The maximum absolute atomic E-state index is 12.5. The number of anilines is 1. The number of morpholine rings is 1. The highest BCUT2D eigenvalue weighted by molar-refractivity contribution is 5.35. The standard InChI is InChI=1S/C14H15F3N4O/c15-14(16,17)12-3-1-11(2-4-12)9-21-10-13(18-19-21)20-5-7-22-8-6-20/h1-4,10H,5-9H2. The summed E-state index contributed by atoms with van der Waals surface area (Å²) < 4.78 is 44.4. The molecule has 8 heteroatoms.